The molecule has 3 heteroatoms. The zero-order valence-corrected chi connectivity index (χ0v) is 30.3. The average Bonchev–Trinajstić information content (AvgIpc) is 3.62. The van der Waals surface area contributed by atoms with Gasteiger partial charge in [0.25, 0.3) is 0 Å². The quantitative estimate of drug-likeness (QED) is 0.133. The standard InChI is InChI=1S/C50H30N2Se/c1-3-11-31(12-4-1)35-23-21-33-25-28-39-38(43(33)29-35)27-26-34-22-24-36(30-44(34)39)47-48(52-46-20-8-7-19-45(46)51-47)42-18-10-17-41-40-16-9-15-37(49(40)53-50(41)42)32-13-5-2-6-14-32/h1-30H. The summed E-state index contributed by atoms with van der Waals surface area (Å²) in [7, 11) is 0. The van der Waals surface area contributed by atoms with Gasteiger partial charge in [0.2, 0.25) is 0 Å². The molecular formula is C50H30N2Se. The molecule has 0 unspecified atom stereocenters. The van der Waals surface area contributed by atoms with Gasteiger partial charge in [-0.1, -0.05) is 36.4 Å². The maximum Gasteiger partial charge on any atom is -0.0544 e. The molecule has 0 spiro atoms. The monoisotopic (exact) mass is 738 g/mol. The molecule has 9 aromatic carbocycles. The molecule has 0 saturated carbocycles. The Bertz CT molecular complexity index is 3220. The van der Waals surface area contributed by atoms with E-state index < -0.39 is 0 Å². The third-order valence-electron chi connectivity index (χ3n) is 10.7. The fourth-order valence-corrected chi connectivity index (χ4v) is 10.9. The Morgan fingerprint density at radius 1 is 0.302 bits per heavy atom. The number of para-hydroxylation sites is 2. The topological polar surface area (TPSA) is 25.8 Å². The molecule has 11 rings (SSSR count). The third-order valence-corrected chi connectivity index (χ3v) is 13.4. The van der Waals surface area contributed by atoms with E-state index in [9.17, 15) is 0 Å². The minimum Gasteiger partial charge on any atom is -0.0617 e. The number of aromatic nitrogens is 2. The van der Waals surface area contributed by atoms with Crippen molar-refractivity contribution in [3.8, 4) is 44.8 Å². The summed E-state index contributed by atoms with van der Waals surface area (Å²) in [5.74, 6) is 0. The molecule has 0 saturated heterocycles. The summed E-state index contributed by atoms with van der Waals surface area (Å²) >= 11 is 0.0948. The summed E-state index contributed by atoms with van der Waals surface area (Å²) < 4.78 is 2.81. The number of benzene rings is 9. The van der Waals surface area contributed by atoms with Crippen molar-refractivity contribution in [2.24, 2.45) is 0 Å². The molecule has 2 aromatic heterocycles. The van der Waals surface area contributed by atoms with Gasteiger partial charge in [0.15, 0.2) is 0 Å². The molecule has 11 aromatic rings. The average molecular weight is 738 g/mol. The van der Waals surface area contributed by atoms with E-state index in [0.717, 1.165) is 28.0 Å². The van der Waals surface area contributed by atoms with Crippen LogP contribution in [0.5, 0.6) is 0 Å². The van der Waals surface area contributed by atoms with Gasteiger partial charge in [-0.25, -0.2) is 0 Å². The van der Waals surface area contributed by atoms with Crippen molar-refractivity contribution in [3.63, 3.8) is 0 Å². The fourth-order valence-electron chi connectivity index (χ4n) is 8.06. The van der Waals surface area contributed by atoms with Crippen LogP contribution in [0.1, 0.15) is 0 Å². The second-order valence-electron chi connectivity index (χ2n) is 13.7. The van der Waals surface area contributed by atoms with Crippen molar-refractivity contribution >= 4 is 77.1 Å². The number of fused-ring (bicyclic) bond motifs is 9. The van der Waals surface area contributed by atoms with E-state index in [4.69, 9.17) is 9.97 Å². The molecule has 0 fully saturated rings. The van der Waals surface area contributed by atoms with Gasteiger partial charge in [-0.15, -0.1) is 0 Å². The Morgan fingerprint density at radius 3 is 1.47 bits per heavy atom. The molecule has 0 atom stereocenters. The molecule has 0 aliphatic carbocycles. The van der Waals surface area contributed by atoms with Crippen molar-refractivity contribution in [2.75, 3.05) is 0 Å². The van der Waals surface area contributed by atoms with Crippen LogP contribution in [0.15, 0.2) is 182 Å². The smallest absolute Gasteiger partial charge is 0.0544 e. The number of hydrogen-bond donors (Lipinski definition) is 0. The van der Waals surface area contributed by atoms with Crippen molar-refractivity contribution in [1.29, 1.82) is 0 Å². The molecule has 0 aliphatic rings. The summed E-state index contributed by atoms with van der Waals surface area (Å²) in [5.41, 5.74) is 10.9. The van der Waals surface area contributed by atoms with Crippen LogP contribution in [-0.2, 0) is 0 Å². The van der Waals surface area contributed by atoms with Crippen LogP contribution in [-0.4, -0.2) is 24.5 Å². The van der Waals surface area contributed by atoms with E-state index in [1.165, 1.54) is 79.4 Å². The molecule has 0 amide bonds. The Labute approximate surface area is 312 Å². The molecular weight excluding hydrogens is 708 g/mol. The molecule has 246 valence electrons. The fraction of sp³-hybridized carbons (Fsp3) is 0. The van der Waals surface area contributed by atoms with Crippen LogP contribution in [0.2, 0.25) is 0 Å². The Morgan fingerprint density at radius 2 is 0.811 bits per heavy atom. The molecule has 0 radical (unpaired) electrons. The van der Waals surface area contributed by atoms with Gasteiger partial charge in [0.05, 0.1) is 0 Å². The zero-order valence-electron chi connectivity index (χ0n) is 28.6. The van der Waals surface area contributed by atoms with Gasteiger partial charge in [-0.2, -0.15) is 0 Å². The van der Waals surface area contributed by atoms with E-state index >= 15 is 0 Å². The normalized spacial score (nSPS) is 11.8. The summed E-state index contributed by atoms with van der Waals surface area (Å²) in [5, 5.41) is 10.1. The first-order chi connectivity index (χ1) is 26.3. The molecule has 2 nitrogen and oxygen atoms in total. The Balaban J connectivity index is 1.15. The van der Waals surface area contributed by atoms with Crippen molar-refractivity contribution < 1.29 is 0 Å². The Kier molecular flexibility index (Phi) is 6.91. The van der Waals surface area contributed by atoms with E-state index in [-0.39, 0.29) is 14.5 Å². The van der Waals surface area contributed by atoms with Crippen LogP contribution < -0.4 is 0 Å². The largest absolute Gasteiger partial charge is 0.0617 e. The van der Waals surface area contributed by atoms with E-state index in [1.54, 1.807) is 0 Å². The summed E-state index contributed by atoms with van der Waals surface area (Å²) in [4.78, 5) is 10.8. The molecule has 0 bridgehead atoms. The van der Waals surface area contributed by atoms with Crippen LogP contribution >= 0.6 is 0 Å². The molecule has 0 aliphatic heterocycles. The molecule has 2 heterocycles. The van der Waals surface area contributed by atoms with Gasteiger partial charge in [0, 0.05) is 0 Å². The number of hydrogen-bond acceptors (Lipinski definition) is 2. The van der Waals surface area contributed by atoms with Crippen molar-refractivity contribution in [2.45, 2.75) is 0 Å². The van der Waals surface area contributed by atoms with Crippen molar-refractivity contribution in [3.05, 3.63) is 182 Å². The summed E-state index contributed by atoms with van der Waals surface area (Å²) in [6.07, 6.45) is 0. The maximum absolute atomic E-state index is 5.41. The predicted molar refractivity (Wildman–Crippen MR) is 226 cm³/mol. The first kappa shape index (κ1) is 30.3. The van der Waals surface area contributed by atoms with Gasteiger partial charge >= 0.3 is 272 Å². The zero-order chi connectivity index (χ0) is 34.9. The van der Waals surface area contributed by atoms with Crippen LogP contribution in [0.3, 0.4) is 0 Å². The van der Waals surface area contributed by atoms with Gasteiger partial charge in [-0.05, 0) is 5.56 Å². The van der Waals surface area contributed by atoms with Gasteiger partial charge < -0.3 is 0 Å². The second-order valence-corrected chi connectivity index (χ2v) is 15.8. The van der Waals surface area contributed by atoms with E-state index in [0.29, 0.717) is 0 Å². The molecule has 53 heavy (non-hydrogen) atoms. The van der Waals surface area contributed by atoms with E-state index in [2.05, 4.69) is 176 Å². The van der Waals surface area contributed by atoms with Gasteiger partial charge in [0.1, 0.15) is 0 Å². The molecule has 0 N–H and O–H groups in total. The summed E-state index contributed by atoms with van der Waals surface area (Å²) in [6.45, 7) is 0. The van der Waals surface area contributed by atoms with Gasteiger partial charge in [-0.3, -0.25) is 0 Å². The minimum atomic E-state index is 0.0948. The van der Waals surface area contributed by atoms with Crippen molar-refractivity contribution in [1.82, 2.24) is 9.97 Å². The van der Waals surface area contributed by atoms with Crippen LogP contribution in [0.25, 0.3) is 107 Å². The van der Waals surface area contributed by atoms with Crippen LogP contribution in [0.4, 0.5) is 0 Å². The Hall–Kier alpha value is -6.38. The minimum absolute atomic E-state index is 0.0948. The van der Waals surface area contributed by atoms with Crippen LogP contribution in [0, 0.1) is 0 Å². The first-order valence-electron chi connectivity index (χ1n) is 18.0. The maximum atomic E-state index is 5.41. The third kappa shape index (κ3) is 4.94. The number of nitrogens with zero attached hydrogens (tertiary/aromatic N) is 2. The van der Waals surface area contributed by atoms with E-state index in [1.807, 2.05) is 6.07 Å². The second kappa shape index (κ2) is 12.1. The first-order valence-corrected chi connectivity index (χ1v) is 19.7. The SMILES string of the molecule is c1ccc(-c2ccc3ccc4c5cc(-c6nc7ccccc7nc6-c6cccc7c6[se]c6c(-c8ccccc8)cccc67)ccc5ccc4c3c2)cc1. The summed E-state index contributed by atoms with van der Waals surface area (Å²) in [6, 6.07) is 65.9. The predicted octanol–water partition coefficient (Wildman–Crippen LogP) is 13.1. The number of rotatable bonds is 4.